The highest BCUT2D eigenvalue weighted by Crippen LogP contribution is 2.33. The lowest BCUT2D eigenvalue weighted by atomic mass is 10.1. The summed E-state index contributed by atoms with van der Waals surface area (Å²) in [4.78, 5) is 30.0. The molecule has 1 aliphatic rings. The van der Waals surface area contributed by atoms with Crippen LogP contribution in [0.1, 0.15) is 39.2 Å². The second-order valence-corrected chi connectivity index (χ2v) is 7.25. The van der Waals surface area contributed by atoms with Crippen LogP contribution in [0.25, 0.3) is 0 Å². The number of pyridine rings is 1. The van der Waals surface area contributed by atoms with Gasteiger partial charge in [-0.25, -0.2) is 0 Å². The van der Waals surface area contributed by atoms with Crippen LogP contribution in [0.3, 0.4) is 0 Å². The van der Waals surface area contributed by atoms with Crippen molar-refractivity contribution < 1.29 is 14.3 Å². The zero-order chi connectivity index (χ0) is 17.8. The van der Waals surface area contributed by atoms with E-state index in [1.807, 2.05) is 26.0 Å². The third kappa shape index (κ3) is 4.05. The molecule has 0 unspecified atom stereocenters. The zero-order valence-corrected chi connectivity index (χ0v) is 15.1. The largest absolute Gasteiger partial charge is 0.368 e. The van der Waals surface area contributed by atoms with Gasteiger partial charge in [0.1, 0.15) is 11.1 Å². The number of ether oxygens (including phenoxy) is 1. The van der Waals surface area contributed by atoms with Crippen LogP contribution in [-0.4, -0.2) is 29.5 Å². The molecule has 1 fully saturated rings. The van der Waals surface area contributed by atoms with Crippen LogP contribution in [-0.2, 0) is 16.1 Å². The van der Waals surface area contributed by atoms with Gasteiger partial charge in [0.15, 0.2) is 0 Å². The molecule has 0 radical (unpaired) electrons. The second kappa shape index (κ2) is 7.76. The van der Waals surface area contributed by atoms with E-state index >= 15 is 0 Å². The number of rotatable bonds is 5. The fraction of sp³-hybridized carbons (Fsp3) is 0.389. The van der Waals surface area contributed by atoms with E-state index in [2.05, 4.69) is 15.6 Å². The lowest BCUT2D eigenvalue weighted by molar-refractivity contribution is -0.124. The lowest BCUT2D eigenvalue weighted by Crippen LogP contribution is -2.29. The summed E-state index contributed by atoms with van der Waals surface area (Å²) in [7, 11) is 0. The van der Waals surface area contributed by atoms with Gasteiger partial charge in [-0.15, -0.1) is 11.3 Å². The maximum atomic E-state index is 12.7. The molecular formula is C18H21N3O3S. The Balaban J connectivity index is 1.73. The SMILES string of the molecule is Cc1sc(NC(=O)[C@H]2CCCO2)c(C(=O)NCc2cccnc2)c1C. The Morgan fingerprint density at radius 2 is 2.24 bits per heavy atom. The first-order valence-electron chi connectivity index (χ1n) is 8.26. The van der Waals surface area contributed by atoms with Gasteiger partial charge in [0.2, 0.25) is 0 Å². The van der Waals surface area contributed by atoms with Crippen molar-refractivity contribution in [1.82, 2.24) is 10.3 Å². The topological polar surface area (TPSA) is 80.3 Å². The van der Waals surface area contributed by atoms with Crippen LogP contribution < -0.4 is 10.6 Å². The minimum atomic E-state index is -0.422. The monoisotopic (exact) mass is 359 g/mol. The van der Waals surface area contributed by atoms with Crippen molar-refractivity contribution >= 4 is 28.2 Å². The molecule has 1 atom stereocenters. The summed E-state index contributed by atoms with van der Waals surface area (Å²) < 4.78 is 5.41. The molecule has 2 amide bonds. The van der Waals surface area contributed by atoms with Gasteiger partial charge in [-0.3, -0.25) is 14.6 Å². The van der Waals surface area contributed by atoms with E-state index in [-0.39, 0.29) is 11.8 Å². The number of aromatic nitrogens is 1. The first kappa shape index (κ1) is 17.6. The van der Waals surface area contributed by atoms with Gasteiger partial charge in [-0.1, -0.05) is 6.07 Å². The normalized spacial score (nSPS) is 16.6. The van der Waals surface area contributed by atoms with Gasteiger partial charge >= 0.3 is 0 Å². The first-order chi connectivity index (χ1) is 12.1. The van der Waals surface area contributed by atoms with Crippen molar-refractivity contribution in [3.05, 3.63) is 46.1 Å². The summed E-state index contributed by atoms with van der Waals surface area (Å²) in [6.07, 6.45) is 4.59. The predicted octanol–water partition coefficient (Wildman–Crippen LogP) is 2.81. The van der Waals surface area contributed by atoms with Gasteiger partial charge < -0.3 is 15.4 Å². The van der Waals surface area contributed by atoms with Crippen LogP contribution in [0.2, 0.25) is 0 Å². The van der Waals surface area contributed by atoms with Crippen molar-refractivity contribution in [3.8, 4) is 0 Å². The number of hydrogen-bond acceptors (Lipinski definition) is 5. The van der Waals surface area contributed by atoms with E-state index in [1.165, 1.54) is 11.3 Å². The van der Waals surface area contributed by atoms with E-state index in [4.69, 9.17) is 4.74 Å². The Morgan fingerprint density at radius 1 is 1.40 bits per heavy atom. The molecule has 0 aliphatic carbocycles. The minimum absolute atomic E-state index is 0.181. The van der Waals surface area contributed by atoms with E-state index in [0.29, 0.717) is 23.7 Å². The molecule has 0 spiro atoms. The van der Waals surface area contributed by atoms with Crippen molar-refractivity contribution in [2.24, 2.45) is 0 Å². The van der Waals surface area contributed by atoms with Crippen molar-refractivity contribution in [2.75, 3.05) is 11.9 Å². The van der Waals surface area contributed by atoms with Gasteiger partial charge in [0.05, 0.1) is 5.56 Å². The molecule has 0 bridgehead atoms. The summed E-state index contributed by atoms with van der Waals surface area (Å²) >= 11 is 1.42. The average molecular weight is 359 g/mol. The summed E-state index contributed by atoms with van der Waals surface area (Å²) in [6.45, 7) is 4.84. The number of nitrogens with one attached hydrogen (secondary N) is 2. The van der Waals surface area contributed by atoms with Crippen molar-refractivity contribution in [1.29, 1.82) is 0 Å². The maximum absolute atomic E-state index is 12.7. The molecule has 25 heavy (non-hydrogen) atoms. The molecule has 2 N–H and O–H groups in total. The molecule has 2 aromatic rings. The molecule has 2 aromatic heterocycles. The van der Waals surface area contributed by atoms with Crippen LogP contribution in [0.5, 0.6) is 0 Å². The van der Waals surface area contributed by atoms with Gasteiger partial charge in [0.25, 0.3) is 11.8 Å². The number of anilines is 1. The van der Waals surface area contributed by atoms with E-state index in [9.17, 15) is 9.59 Å². The third-order valence-corrected chi connectivity index (χ3v) is 5.37. The van der Waals surface area contributed by atoms with Gasteiger partial charge in [-0.2, -0.15) is 0 Å². The van der Waals surface area contributed by atoms with Gasteiger partial charge in [-0.05, 0) is 43.9 Å². The van der Waals surface area contributed by atoms with Crippen LogP contribution in [0, 0.1) is 13.8 Å². The maximum Gasteiger partial charge on any atom is 0.254 e. The molecule has 132 valence electrons. The van der Waals surface area contributed by atoms with Crippen molar-refractivity contribution in [3.63, 3.8) is 0 Å². The molecule has 3 heterocycles. The number of aryl methyl sites for hydroxylation is 1. The summed E-state index contributed by atoms with van der Waals surface area (Å²) in [6, 6.07) is 3.73. The fourth-order valence-corrected chi connectivity index (χ4v) is 3.80. The highest BCUT2D eigenvalue weighted by molar-refractivity contribution is 7.16. The molecular weight excluding hydrogens is 338 g/mol. The quantitative estimate of drug-likeness (QED) is 0.860. The fourth-order valence-electron chi connectivity index (χ4n) is 2.74. The van der Waals surface area contributed by atoms with E-state index in [0.717, 1.165) is 28.8 Å². The molecule has 1 saturated heterocycles. The Hall–Kier alpha value is -2.25. The predicted molar refractivity (Wildman–Crippen MR) is 96.8 cm³/mol. The molecule has 1 aliphatic heterocycles. The number of carbonyl (C=O) groups is 2. The Morgan fingerprint density at radius 3 is 2.92 bits per heavy atom. The van der Waals surface area contributed by atoms with E-state index in [1.54, 1.807) is 12.4 Å². The molecule has 0 aromatic carbocycles. The summed E-state index contributed by atoms with van der Waals surface area (Å²) in [5, 5.41) is 6.35. The third-order valence-electron chi connectivity index (χ3n) is 4.25. The first-order valence-corrected chi connectivity index (χ1v) is 9.07. The number of hydrogen-bond donors (Lipinski definition) is 2. The molecule has 7 heteroatoms. The number of nitrogens with zero attached hydrogens (tertiary/aromatic N) is 1. The Kier molecular flexibility index (Phi) is 5.45. The number of carbonyl (C=O) groups excluding carboxylic acids is 2. The lowest BCUT2D eigenvalue weighted by Gasteiger charge is -2.11. The summed E-state index contributed by atoms with van der Waals surface area (Å²) in [5.41, 5.74) is 2.33. The van der Waals surface area contributed by atoms with Crippen LogP contribution in [0.4, 0.5) is 5.00 Å². The minimum Gasteiger partial charge on any atom is -0.368 e. The summed E-state index contributed by atoms with van der Waals surface area (Å²) in [5.74, 6) is -0.381. The number of amides is 2. The van der Waals surface area contributed by atoms with E-state index < -0.39 is 6.10 Å². The average Bonchev–Trinajstić information content (AvgIpc) is 3.23. The van der Waals surface area contributed by atoms with Gasteiger partial charge in [0, 0.05) is 30.4 Å². The Bertz CT molecular complexity index is 767. The number of thiophene rings is 1. The molecule has 6 nitrogen and oxygen atoms in total. The second-order valence-electron chi connectivity index (χ2n) is 6.02. The Labute approximate surface area is 150 Å². The molecule has 0 saturated carbocycles. The van der Waals surface area contributed by atoms with Crippen molar-refractivity contribution in [2.45, 2.75) is 39.3 Å². The molecule has 3 rings (SSSR count). The van der Waals surface area contributed by atoms with Crippen LogP contribution >= 0.6 is 11.3 Å². The highest BCUT2D eigenvalue weighted by atomic mass is 32.1. The zero-order valence-electron chi connectivity index (χ0n) is 14.3. The highest BCUT2D eigenvalue weighted by Gasteiger charge is 2.27. The standard InChI is InChI=1S/C18H21N3O3S/c1-11-12(2)25-18(21-16(22)14-6-4-8-24-14)15(11)17(23)20-10-13-5-3-7-19-9-13/h3,5,7,9,14H,4,6,8,10H2,1-2H3,(H,20,23)(H,21,22)/t14-/m1/s1. The van der Waals surface area contributed by atoms with Crippen LogP contribution in [0.15, 0.2) is 24.5 Å². The smallest absolute Gasteiger partial charge is 0.254 e.